The highest BCUT2D eigenvalue weighted by atomic mass is 32.2. The second-order valence-corrected chi connectivity index (χ2v) is 3.51. The van der Waals surface area contributed by atoms with E-state index in [1.165, 1.54) is 4.91 Å². The fourth-order valence-corrected chi connectivity index (χ4v) is 1.72. The second-order valence-electron chi connectivity index (χ2n) is 2.66. The summed E-state index contributed by atoms with van der Waals surface area (Å²) in [6.07, 6.45) is 5.25. The third kappa shape index (κ3) is 2.60. The molecule has 0 fully saturated rings. The number of allylic oxidation sites excluding steroid dienone is 1. The molecule has 1 heterocycles. The molecule has 13 heavy (non-hydrogen) atoms. The summed E-state index contributed by atoms with van der Waals surface area (Å²) >= 11 is 1.71. The number of aromatic amines is 1. The predicted octanol–water partition coefficient (Wildman–Crippen LogP) is 1.98. The third-order valence-corrected chi connectivity index (χ3v) is 2.53. The minimum absolute atomic E-state index is 0.515. The van der Waals surface area contributed by atoms with E-state index in [4.69, 9.17) is 5.73 Å². The minimum atomic E-state index is 0.515. The molecule has 72 valence electrons. The normalized spacial score (nSPS) is 12.1. The number of hydrogen-bond donors (Lipinski definition) is 2. The summed E-state index contributed by atoms with van der Waals surface area (Å²) in [5.74, 6) is 0. The summed E-state index contributed by atoms with van der Waals surface area (Å²) < 4.78 is 0. The summed E-state index contributed by atoms with van der Waals surface area (Å²) in [6, 6.07) is 2.00. The van der Waals surface area contributed by atoms with E-state index in [1.54, 1.807) is 11.8 Å². The van der Waals surface area contributed by atoms with Gasteiger partial charge in [0.25, 0.3) is 0 Å². The molecule has 4 heteroatoms. The van der Waals surface area contributed by atoms with Crippen molar-refractivity contribution in [2.45, 2.75) is 19.9 Å². The maximum absolute atomic E-state index is 5.48. The smallest absolute Gasteiger partial charge is 0.0984 e. The lowest BCUT2D eigenvalue weighted by Gasteiger charge is -1.96. The Hall–Kier alpha value is -0.740. The average Bonchev–Trinajstić information content (AvgIpc) is 2.62. The van der Waals surface area contributed by atoms with Crippen LogP contribution in [0.15, 0.2) is 12.1 Å². The molecule has 0 amide bonds. The zero-order chi connectivity index (χ0) is 9.68. The highest BCUT2D eigenvalue weighted by Gasteiger charge is 2.03. The van der Waals surface area contributed by atoms with E-state index in [0.717, 1.165) is 17.8 Å². The summed E-state index contributed by atoms with van der Waals surface area (Å²) in [6.45, 7) is 2.63. The minimum Gasteiger partial charge on any atom is -0.325 e. The van der Waals surface area contributed by atoms with Crippen LogP contribution in [-0.4, -0.2) is 16.5 Å². The zero-order valence-corrected chi connectivity index (χ0v) is 8.82. The Morgan fingerprint density at radius 1 is 1.77 bits per heavy atom. The molecule has 0 aliphatic heterocycles. The van der Waals surface area contributed by atoms with Gasteiger partial charge in [-0.25, -0.2) is 0 Å². The molecule has 0 radical (unpaired) electrons. The molecular weight excluding hydrogens is 182 g/mol. The SMILES string of the molecule is CC/C=C(\SC)c1cc(CN)[nH]n1. The molecule has 0 aromatic carbocycles. The van der Waals surface area contributed by atoms with Crippen molar-refractivity contribution >= 4 is 16.7 Å². The van der Waals surface area contributed by atoms with Crippen molar-refractivity contribution in [1.29, 1.82) is 0 Å². The molecule has 1 aromatic rings. The van der Waals surface area contributed by atoms with Gasteiger partial charge in [0.05, 0.1) is 5.69 Å². The van der Waals surface area contributed by atoms with Gasteiger partial charge in [0.1, 0.15) is 0 Å². The van der Waals surface area contributed by atoms with E-state index in [0.29, 0.717) is 6.54 Å². The third-order valence-electron chi connectivity index (χ3n) is 1.71. The molecule has 0 aliphatic rings. The van der Waals surface area contributed by atoms with Crippen molar-refractivity contribution in [2.24, 2.45) is 5.73 Å². The van der Waals surface area contributed by atoms with Crippen LogP contribution in [-0.2, 0) is 6.54 Å². The highest BCUT2D eigenvalue weighted by molar-refractivity contribution is 8.07. The summed E-state index contributed by atoms with van der Waals surface area (Å²) in [5.41, 5.74) is 7.45. The van der Waals surface area contributed by atoms with Crippen LogP contribution in [0.2, 0.25) is 0 Å². The van der Waals surface area contributed by atoms with E-state index >= 15 is 0 Å². The van der Waals surface area contributed by atoms with Gasteiger partial charge < -0.3 is 5.73 Å². The number of aromatic nitrogens is 2. The van der Waals surface area contributed by atoms with Gasteiger partial charge in [-0.3, -0.25) is 5.10 Å². The van der Waals surface area contributed by atoms with Crippen LogP contribution in [0.5, 0.6) is 0 Å². The Bertz CT molecular complexity index is 291. The van der Waals surface area contributed by atoms with E-state index in [9.17, 15) is 0 Å². The molecule has 0 aliphatic carbocycles. The Morgan fingerprint density at radius 3 is 3.00 bits per heavy atom. The zero-order valence-electron chi connectivity index (χ0n) is 8.00. The molecule has 0 saturated heterocycles. The molecule has 3 nitrogen and oxygen atoms in total. The molecule has 0 spiro atoms. The van der Waals surface area contributed by atoms with Crippen molar-refractivity contribution in [3.05, 3.63) is 23.5 Å². The molecular formula is C9H15N3S. The van der Waals surface area contributed by atoms with Gasteiger partial charge in [-0.2, -0.15) is 5.10 Å². The van der Waals surface area contributed by atoms with Gasteiger partial charge >= 0.3 is 0 Å². The van der Waals surface area contributed by atoms with Crippen LogP contribution in [0.25, 0.3) is 4.91 Å². The van der Waals surface area contributed by atoms with E-state index in [2.05, 4.69) is 29.5 Å². The first-order valence-corrected chi connectivity index (χ1v) is 5.53. The lowest BCUT2D eigenvalue weighted by atomic mass is 10.3. The molecule has 1 aromatic heterocycles. The molecule has 0 unspecified atom stereocenters. The first kappa shape index (κ1) is 10.3. The number of nitrogens with two attached hydrogens (primary N) is 1. The fraction of sp³-hybridized carbons (Fsp3) is 0.444. The Kier molecular flexibility index (Phi) is 4.05. The number of hydrogen-bond acceptors (Lipinski definition) is 3. The van der Waals surface area contributed by atoms with Crippen molar-refractivity contribution in [2.75, 3.05) is 6.26 Å². The van der Waals surface area contributed by atoms with Crippen LogP contribution in [0.1, 0.15) is 24.7 Å². The summed E-state index contributed by atoms with van der Waals surface area (Å²) in [4.78, 5) is 1.21. The van der Waals surface area contributed by atoms with E-state index in [-0.39, 0.29) is 0 Å². The van der Waals surface area contributed by atoms with Crippen LogP contribution < -0.4 is 5.73 Å². The Balaban J connectivity index is 2.85. The maximum Gasteiger partial charge on any atom is 0.0984 e. The fourth-order valence-electron chi connectivity index (χ4n) is 1.07. The van der Waals surface area contributed by atoms with Gasteiger partial charge in [-0.15, -0.1) is 11.8 Å². The Labute approximate surface area is 82.8 Å². The predicted molar refractivity (Wildman–Crippen MR) is 58.3 cm³/mol. The number of H-pyrrole nitrogens is 1. The van der Waals surface area contributed by atoms with Crippen molar-refractivity contribution in [3.8, 4) is 0 Å². The summed E-state index contributed by atoms with van der Waals surface area (Å²) in [5, 5.41) is 7.08. The van der Waals surface area contributed by atoms with Crippen LogP contribution in [0.3, 0.4) is 0 Å². The van der Waals surface area contributed by atoms with Gasteiger partial charge in [0.15, 0.2) is 0 Å². The number of nitrogens with zero attached hydrogens (tertiary/aromatic N) is 1. The van der Waals surface area contributed by atoms with Gasteiger partial charge in [0.2, 0.25) is 0 Å². The monoisotopic (exact) mass is 197 g/mol. The van der Waals surface area contributed by atoms with Crippen molar-refractivity contribution in [1.82, 2.24) is 10.2 Å². The van der Waals surface area contributed by atoms with Gasteiger partial charge in [0, 0.05) is 17.1 Å². The average molecular weight is 197 g/mol. The van der Waals surface area contributed by atoms with Crippen LogP contribution >= 0.6 is 11.8 Å². The molecule has 1 rings (SSSR count). The van der Waals surface area contributed by atoms with Gasteiger partial charge in [-0.1, -0.05) is 13.0 Å². The molecule has 3 N–H and O–H groups in total. The Morgan fingerprint density at radius 2 is 2.54 bits per heavy atom. The van der Waals surface area contributed by atoms with Crippen molar-refractivity contribution < 1.29 is 0 Å². The van der Waals surface area contributed by atoms with Crippen LogP contribution in [0.4, 0.5) is 0 Å². The number of thioether (sulfide) groups is 1. The second kappa shape index (κ2) is 5.09. The molecule has 0 bridgehead atoms. The standard InChI is InChI=1S/C9H15N3S/c1-3-4-9(13-2)8-5-7(6-10)11-12-8/h4-5H,3,6,10H2,1-2H3,(H,11,12)/b9-4-. The largest absolute Gasteiger partial charge is 0.325 e. The number of rotatable bonds is 4. The number of nitrogens with one attached hydrogen (secondary N) is 1. The lowest BCUT2D eigenvalue weighted by molar-refractivity contribution is 0.945. The summed E-state index contributed by atoms with van der Waals surface area (Å²) in [7, 11) is 0. The molecule has 0 atom stereocenters. The van der Waals surface area contributed by atoms with Crippen molar-refractivity contribution in [3.63, 3.8) is 0 Å². The highest BCUT2D eigenvalue weighted by Crippen LogP contribution is 2.24. The van der Waals surface area contributed by atoms with E-state index in [1.807, 2.05) is 6.07 Å². The van der Waals surface area contributed by atoms with E-state index < -0.39 is 0 Å². The topological polar surface area (TPSA) is 54.7 Å². The molecule has 0 saturated carbocycles. The first-order chi connectivity index (χ1) is 6.31. The van der Waals surface area contributed by atoms with Crippen LogP contribution in [0, 0.1) is 0 Å². The maximum atomic E-state index is 5.48. The lowest BCUT2D eigenvalue weighted by Crippen LogP contribution is -1.95. The first-order valence-electron chi connectivity index (χ1n) is 4.30. The quantitative estimate of drug-likeness (QED) is 0.776. The van der Waals surface area contributed by atoms with Gasteiger partial charge in [-0.05, 0) is 18.7 Å².